The summed E-state index contributed by atoms with van der Waals surface area (Å²) in [6.45, 7) is 16.0. The Labute approximate surface area is 579 Å². The van der Waals surface area contributed by atoms with Gasteiger partial charge in [0.1, 0.15) is 24.4 Å². The number of ketones is 1. The van der Waals surface area contributed by atoms with E-state index in [0.29, 0.717) is 86.8 Å². The molecule has 0 radical (unpaired) electrons. The fourth-order valence-corrected chi connectivity index (χ4v) is 13.5. The number of carbonyl (C=O) groups is 6. The molecule has 0 bridgehead atoms. The predicted octanol–water partition coefficient (Wildman–Crippen LogP) is 11.8. The molecule has 6 aromatic rings. The van der Waals surface area contributed by atoms with E-state index in [2.05, 4.69) is 30.7 Å². The van der Waals surface area contributed by atoms with Crippen molar-refractivity contribution in [2.45, 2.75) is 152 Å². The van der Waals surface area contributed by atoms with Gasteiger partial charge in [0.15, 0.2) is 18.1 Å². The number of hydrogen-bond donors (Lipinski definition) is 6. The van der Waals surface area contributed by atoms with E-state index in [-0.39, 0.29) is 53.3 Å². The monoisotopic (exact) mass is 1390 g/mol. The largest absolute Gasteiger partial charge is 0.454 e. The van der Waals surface area contributed by atoms with Crippen LogP contribution in [-0.2, 0) is 72.7 Å². The zero-order valence-corrected chi connectivity index (χ0v) is 58.8. The van der Waals surface area contributed by atoms with Gasteiger partial charge in [-0.05, 0) is 150 Å². The molecule has 0 saturated carbocycles. The molecule has 2 heterocycles. The van der Waals surface area contributed by atoms with E-state index in [0.717, 1.165) is 51.1 Å². The van der Waals surface area contributed by atoms with Crippen molar-refractivity contribution in [3.05, 3.63) is 219 Å². The number of allylic oxidation sites excluding steroid dienone is 6. The van der Waals surface area contributed by atoms with Crippen molar-refractivity contribution in [2.75, 3.05) is 43.1 Å². The van der Waals surface area contributed by atoms with Crippen molar-refractivity contribution in [3.63, 3.8) is 0 Å². The van der Waals surface area contributed by atoms with Crippen LogP contribution >= 0.6 is 0 Å². The molecular weight excluding hydrogens is 1300 g/mol. The van der Waals surface area contributed by atoms with E-state index in [1.165, 1.54) is 36.4 Å². The van der Waals surface area contributed by atoms with Crippen molar-refractivity contribution in [2.24, 2.45) is 0 Å². The summed E-state index contributed by atoms with van der Waals surface area (Å²) in [6.07, 6.45) is 13.7. The third-order valence-corrected chi connectivity index (χ3v) is 19.5. The van der Waals surface area contributed by atoms with E-state index >= 15 is 4.39 Å². The molecule has 524 valence electrons. The van der Waals surface area contributed by atoms with Crippen LogP contribution in [0.3, 0.4) is 0 Å². The first-order valence-corrected chi connectivity index (χ1v) is 36.0. The summed E-state index contributed by atoms with van der Waals surface area (Å²) < 4.78 is 97.5. The van der Waals surface area contributed by atoms with Crippen LogP contribution in [0.15, 0.2) is 173 Å². The Balaban J connectivity index is 0.791. The lowest BCUT2D eigenvalue weighted by Gasteiger charge is -2.27. The number of esters is 1. The number of nitrogens with one attached hydrogen (secondary N) is 4. The number of unbranched alkanes of at least 4 members (excludes halogenated alkanes) is 4. The van der Waals surface area contributed by atoms with Gasteiger partial charge in [-0.25, -0.2) is 9.18 Å². The van der Waals surface area contributed by atoms with Gasteiger partial charge >= 0.3 is 5.97 Å². The summed E-state index contributed by atoms with van der Waals surface area (Å²) >= 11 is 0. The SMILES string of the molecule is CC[N+]1=C(/C=C/C=C/C=C2\N(CCCCCC(=O)NCCCCCC(=O)Nc3ccc(C(=O)N[C@@H](Cc4cccc(C)c4)C(=O)N[C@@H](COCc4ccccc4)C(=O)COC(=O)c4c(C)cccc4C)c(F)c3)c3ccc(S(=O)(=O)O)cc3C2(C)C)C(C)(C)c2cc(S(=O)(=O)O)ccc21. The smallest absolute Gasteiger partial charge is 0.339 e. The fraction of sp³-hybridized carbons (Fsp3) is 0.355. The molecule has 20 nitrogen and oxygen atoms in total. The number of amides is 4. The summed E-state index contributed by atoms with van der Waals surface area (Å²) in [4.78, 5) is 82.8. The van der Waals surface area contributed by atoms with Gasteiger partial charge < -0.3 is 35.6 Å². The summed E-state index contributed by atoms with van der Waals surface area (Å²) in [6, 6.07) is 31.8. The third-order valence-electron chi connectivity index (χ3n) is 17.8. The average Bonchev–Trinajstić information content (AvgIpc) is 1.60. The number of aryl methyl sites for hydroxylation is 3. The predicted molar refractivity (Wildman–Crippen MR) is 378 cm³/mol. The normalized spacial score (nSPS) is 15.0. The highest BCUT2D eigenvalue weighted by Gasteiger charge is 2.45. The van der Waals surface area contributed by atoms with Crippen LogP contribution in [0.25, 0.3) is 0 Å². The lowest BCUT2D eigenvalue weighted by molar-refractivity contribution is -0.433. The van der Waals surface area contributed by atoms with E-state index in [4.69, 9.17) is 9.47 Å². The molecule has 0 aliphatic carbocycles. The maximum atomic E-state index is 15.8. The maximum Gasteiger partial charge on any atom is 0.339 e. The molecule has 2 aliphatic heterocycles. The van der Waals surface area contributed by atoms with Crippen molar-refractivity contribution in [1.82, 2.24) is 16.0 Å². The van der Waals surface area contributed by atoms with Gasteiger partial charge in [0.2, 0.25) is 23.4 Å². The minimum absolute atomic E-state index is 0.0470. The van der Waals surface area contributed by atoms with Gasteiger partial charge in [-0.15, -0.1) is 0 Å². The molecule has 0 spiro atoms. The van der Waals surface area contributed by atoms with Gasteiger partial charge in [-0.1, -0.05) is 123 Å². The minimum Gasteiger partial charge on any atom is -0.454 e. The Hall–Kier alpha value is -9.26. The van der Waals surface area contributed by atoms with Gasteiger partial charge in [-0.3, -0.25) is 33.1 Å². The van der Waals surface area contributed by atoms with Crippen LogP contribution in [0.5, 0.6) is 0 Å². The fourth-order valence-electron chi connectivity index (χ4n) is 12.5. The summed E-state index contributed by atoms with van der Waals surface area (Å²) in [5.74, 6) is -4.56. The Morgan fingerprint density at radius 1 is 0.667 bits per heavy atom. The standard InChI is InChI=1S/C76H87FN6O14S2/c1-9-82-64-38-35-56(98(90,91)92)45-59(64)75(5,6)67(82)30-16-11-17-31-68-76(7,8)60-46-57(99(93,94)95)36-39-65(60)83(68)41-21-13-19-32-69(85)78-40-20-12-18-33-70(86)79-55-34-37-58(61(77)44-55)72(87)80-62(43-54-29-22-24-50(2)42-54)73(88)81-63(48-96-47-53-27-14-10-15-28-53)66(84)49-97-74(89)71-51(3)25-23-26-52(71)4/h10-11,14-17,22-31,34-39,42,44-46,62-63H,9,12-13,18-21,32-33,40-41,43,47-49H2,1-8H3,(H5-,78,79,80,81,85,86,87,88,90,91,92,93,94,95)/p+1/t62-,63-/m0/s1. The van der Waals surface area contributed by atoms with Crippen LogP contribution in [0.4, 0.5) is 21.5 Å². The first-order valence-electron chi connectivity index (χ1n) is 33.1. The van der Waals surface area contributed by atoms with Crippen LogP contribution in [0.2, 0.25) is 0 Å². The first-order chi connectivity index (χ1) is 47.0. The van der Waals surface area contributed by atoms with Crippen LogP contribution in [0, 0.1) is 26.6 Å². The highest BCUT2D eigenvalue weighted by atomic mass is 32.2. The Morgan fingerprint density at radius 2 is 1.32 bits per heavy atom. The Morgan fingerprint density at radius 3 is 2.00 bits per heavy atom. The van der Waals surface area contributed by atoms with Gasteiger partial charge in [0.05, 0.1) is 39.5 Å². The van der Waals surface area contributed by atoms with E-state index in [1.54, 1.807) is 56.3 Å². The van der Waals surface area contributed by atoms with E-state index in [9.17, 15) is 54.7 Å². The molecule has 2 atom stereocenters. The lowest BCUT2D eigenvalue weighted by atomic mass is 9.81. The molecule has 8 rings (SSSR count). The lowest BCUT2D eigenvalue weighted by Crippen LogP contribution is -2.54. The van der Waals surface area contributed by atoms with Gasteiger partial charge in [0.25, 0.3) is 26.1 Å². The van der Waals surface area contributed by atoms with Gasteiger partial charge in [-0.2, -0.15) is 21.4 Å². The maximum absolute atomic E-state index is 15.8. The molecule has 4 amide bonds. The van der Waals surface area contributed by atoms with Crippen molar-refractivity contribution in [1.29, 1.82) is 0 Å². The van der Waals surface area contributed by atoms with Crippen LogP contribution in [0.1, 0.15) is 146 Å². The highest BCUT2D eigenvalue weighted by Crippen LogP contribution is 2.49. The molecule has 0 unspecified atom stereocenters. The second-order valence-corrected chi connectivity index (χ2v) is 28.8. The zero-order valence-electron chi connectivity index (χ0n) is 57.2. The summed E-state index contributed by atoms with van der Waals surface area (Å²) in [5, 5.41) is 11.0. The number of nitrogens with zero attached hydrogens (tertiary/aromatic N) is 2. The second-order valence-electron chi connectivity index (χ2n) is 25.9. The molecule has 0 aromatic heterocycles. The topological polar surface area (TPSA) is 284 Å². The second kappa shape index (κ2) is 33.5. The van der Waals surface area contributed by atoms with Crippen molar-refractivity contribution < 1.29 is 73.1 Å². The molecule has 99 heavy (non-hydrogen) atoms. The number of hydrogen-bond acceptors (Lipinski definition) is 13. The number of rotatable bonds is 33. The number of carbonyl (C=O) groups excluding carboxylic acids is 6. The molecular formula is C76H88FN6O14S2+. The molecule has 0 fully saturated rings. The molecule has 6 N–H and O–H groups in total. The molecule has 23 heteroatoms. The Bertz CT molecular complexity index is 4350. The number of Topliss-reactive ketones (excluding diaryl/α,β-unsaturated/α-hetero) is 1. The Kier molecular flexibility index (Phi) is 25.6. The number of anilines is 2. The van der Waals surface area contributed by atoms with E-state index < -0.39 is 84.7 Å². The van der Waals surface area contributed by atoms with Crippen molar-refractivity contribution >= 4 is 78.4 Å². The minimum atomic E-state index is -4.48. The quantitative estimate of drug-likeness (QED) is 0.00734. The highest BCUT2D eigenvalue weighted by molar-refractivity contribution is 7.86. The number of halogens is 1. The molecule has 2 aliphatic rings. The first kappa shape index (κ1) is 75.5. The zero-order chi connectivity index (χ0) is 71.8. The van der Waals surface area contributed by atoms with E-state index in [1.807, 2.05) is 114 Å². The van der Waals surface area contributed by atoms with Crippen molar-refractivity contribution in [3.8, 4) is 0 Å². The molecule has 0 saturated heterocycles. The molecule has 6 aromatic carbocycles. The summed E-state index contributed by atoms with van der Waals surface area (Å²) in [5.41, 5.74) is 7.43. The third kappa shape index (κ3) is 19.8. The number of benzene rings is 6. The number of fused-ring (bicyclic) bond motifs is 2. The average molecular weight is 1390 g/mol. The number of ether oxygens (including phenoxy) is 2. The van der Waals surface area contributed by atoms with Gasteiger partial charge in [0, 0.05) is 72.5 Å². The van der Waals surface area contributed by atoms with Crippen LogP contribution < -0.4 is 26.2 Å². The van der Waals surface area contributed by atoms with Crippen LogP contribution in [-0.4, -0.2) is 117 Å². The summed E-state index contributed by atoms with van der Waals surface area (Å²) in [7, 11) is -8.88.